The third kappa shape index (κ3) is 3.62. The second-order valence-electron chi connectivity index (χ2n) is 2.72. The van der Waals surface area contributed by atoms with Gasteiger partial charge in [-0.25, -0.2) is 5.84 Å². The lowest BCUT2D eigenvalue weighted by Crippen LogP contribution is -2.42. The van der Waals surface area contributed by atoms with Crippen LogP contribution in [0.15, 0.2) is 29.2 Å². The summed E-state index contributed by atoms with van der Waals surface area (Å²) >= 11 is 4.69. The van der Waals surface area contributed by atoms with Gasteiger partial charge in [-0.2, -0.15) is 8.42 Å². The number of anilines is 1. The number of thiocarbonyl (C=S) groups is 1. The van der Waals surface area contributed by atoms with Gasteiger partial charge in [0.05, 0.1) is 10.6 Å². The molecular weight excluding hydrogens is 252 g/mol. The molecule has 0 radical (unpaired) electrons. The Labute approximate surface area is 97.7 Å². The summed E-state index contributed by atoms with van der Waals surface area (Å²) in [5.41, 5.74) is 7.96. The van der Waals surface area contributed by atoms with E-state index in [-0.39, 0.29) is 10.0 Å². The van der Waals surface area contributed by atoms with Crippen LogP contribution in [0.1, 0.15) is 0 Å². The quantitative estimate of drug-likeness (QED) is 0.216. The van der Waals surface area contributed by atoms with E-state index in [4.69, 9.17) is 22.6 Å². The van der Waals surface area contributed by atoms with Crippen LogP contribution in [0, 0.1) is 0 Å². The Hall–Kier alpha value is -1.42. The molecule has 0 heterocycles. The Kier molecular flexibility index (Phi) is 4.01. The molecule has 6 N–H and O–H groups in total. The highest BCUT2D eigenvalue weighted by Crippen LogP contribution is 2.12. The number of hydrogen-bond acceptors (Lipinski definition) is 5. The molecule has 0 unspecified atom stereocenters. The van der Waals surface area contributed by atoms with Crippen molar-refractivity contribution in [1.29, 1.82) is 0 Å². The van der Waals surface area contributed by atoms with Gasteiger partial charge in [-0.05, 0) is 36.5 Å². The molecule has 7 nitrogen and oxygen atoms in total. The molecule has 0 fully saturated rings. The molecule has 88 valence electrons. The van der Waals surface area contributed by atoms with Gasteiger partial charge in [-0.1, -0.05) is 0 Å². The monoisotopic (exact) mass is 262 g/mol. The number of benzene rings is 1. The Morgan fingerprint density at radius 1 is 1.31 bits per heavy atom. The zero-order chi connectivity index (χ0) is 12.2. The summed E-state index contributed by atoms with van der Waals surface area (Å²) in [6, 6.07) is 5.40. The maximum Gasteiger partial charge on any atom is 0.294 e. The molecule has 1 rings (SSSR count). The van der Waals surface area contributed by atoms with Crippen LogP contribution < -0.4 is 22.1 Å². The summed E-state index contributed by atoms with van der Waals surface area (Å²) in [7, 11) is -4.16. The van der Waals surface area contributed by atoms with Crippen LogP contribution in [-0.2, 0) is 10.1 Å². The van der Waals surface area contributed by atoms with Crippen molar-refractivity contribution < 1.29 is 13.0 Å². The van der Waals surface area contributed by atoms with E-state index in [1.807, 2.05) is 0 Å². The standard InChI is InChI=1S/C7H10N4O3S2/c8-9-7(15)11-10-5-1-3-6(4-2-5)16(12,13)14/h1-4,10H,8H2,(H2,9,11,15)(H,12,13,14). The van der Waals surface area contributed by atoms with Crippen molar-refractivity contribution in [2.45, 2.75) is 4.90 Å². The highest BCUT2D eigenvalue weighted by molar-refractivity contribution is 7.85. The largest absolute Gasteiger partial charge is 0.300 e. The van der Waals surface area contributed by atoms with Gasteiger partial charge >= 0.3 is 0 Å². The normalized spacial score (nSPS) is 10.6. The maximum atomic E-state index is 10.7. The fraction of sp³-hybridized carbons (Fsp3) is 0. The molecule has 1 aromatic rings. The molecule has 16 heavy (non-hydrogen) atoms. The van der Waals surface area contributed by atoms with Crippen molar-refractivity contribution in [2.75, 3.05) is 5.43 Å². The van der Waals surface area contributed by atoms with E-state index in [1.54, 1.807) is 0 Å². The van der Waals surface area contributed by atoms with Gasteiger partial charge < -0.3 is 0 Å². The first-order valence-corrected chi connectivity index (χ1v) is 5.88. The van der Waals surface area contributed by atoms with Crippen molar-refractivity contribution in [3.63, 3.8) is 0 Å². The van der Waals surface area contributed by atoms with Gasteiger partial charge in [0.2, 0.25) is 0 Å². The van der Waals surface area contributed by atoms with E-state index in [9.17, 15) is 8.42 Å². The van der Waals surface area contributed by atoms with E-state index in [1.165, 1.54) is 24.3 Å². The molecule has 0 aliphatic carbocycles. The van der Waals surface area contributed by atoms with Crippen LogP contribution >= 0.6 is 12.2 Å². The van der Waals surface area contributed by atoms with Crippen molar-refractivity contribution in [3.8, 4) is 0 Å². The van der Waals surface area contributed by atoms with Gasteiger partial charge in [0, 0.05) is 0 Å². The molecule has 0 spiro atoms. The maximum absolute atomic E-state index is 10.7. The summed E-state index contributed by atoms with van der Waals surface area (Å²) < 4.78 is 30.2. The number of rotatable bonds is 3. The van der Waals surface area contributed by atoms with Crippen LogP contribution in [-0.4, -0.2) is 18.1 Å². The molecule has 0 aromatic heterocycles. The molecule has 0 aliphatic rings. The highest BCUT2D eigenvalue weighted by atomic mass is 32.2. The van der Waals surface area contributed by atoms with Gasteiger partial charge in [-0.15, -0.1) is 0 Å². The Morgan fingerprint density at radius 3 is 2.31 bits per heavy atom. The summed E-state index contributed by atoms with van der Waals surface area (Å²) in [6.45, 7) is 0. The highest BCUT2D eigenvalue weighted by Gasteiger charge is 2.07. The molecule has 0 bridgehead atoms. The summed E-state index contributed by atoms with van der Waals surface area (Å²) in [5.74, 6) is 5.01. The summed E-state index contributed by atoms with van der Waals surface area (Å²) in [5, 5.41) is 0.179. The first-order valence-electron chi connectivity index (χ1n) is 4.03. The SMILES string of the molecule is NNC(=S)NNc1ccc(S(=O)(=O)O)cc1. The summed E-state index contributed by atoms with van der Waals surface area (Å²) in [4.78, 5) is -0.183. The number of hydrazine groups is 2. The molecule has 0 amide bonds. The van der Waals surface area contributed by atoms with E-state index >= 15 is 0 Å². The van der Waals surface area contributed by atoms with Crippen molar-refractivity contribution in [3.05, 3.63) is 24.3 Å². The minimum Gasteiger partial charge on any atom is -0.300 e. The van der Waals surface area contributed by atoms with Gasteiger partial charge in [0.15, 0.2) is 5.11 Å². The third-order valence-corrected chi connectivity index (χ3v) is 2.69. The smallest absolute Gasteiger partial charge is 0.294 e. The number of nitrogens with two attached hydrogens (primary N) is 1. The number of hydrogen-bond donors (Lipinski definition) is 5. The van der Waals surface area contributed by atoms with E-state index in [2.05, 4.69) is 16.3 Å². The second-order valence-corrected chi connectivity index (χ2v) is 4.55. The van der Waals surface area contributed by atoms with Gasteiger partial charge in [0.1, 0.15) is 0 Å². The van der Waals surface area contributed by atoms with Crippen LogP contribution in [0.5, 0.6) is 0 Å². The zero-order valence-corrected chi connectivity index (χ0v) is 9.60. The Balaban J connectivity index is 2.69. The molecule has 0 saturated carbocycles. The van der Waals surface area contributed by atoms with Crippen molar-refractivity contribution in [1.82, 2.24) is 10.9 Å². The lowest BCUT2D eigenvalue weighted by atomic mass is 10.3. The minimum atomic E-state index is -4.16. The number of nitrogens with one attached hydrogen (secondary N) is 3. The van der Waals surface area contributed by atoms with Crippen LogP contribution in [0.25, 0.3) is 0 Å². The van der Waals surface area contributed by atoms with Gasteiger partial charge in [-0.3, -0.25) is 20.8 Å². The van der Waals surface area contributed by atoms with E-state index in [0.29, 0.717) is 5.69 Å². The molecule has 0 atom stereocenters. The minimum absolute atomic E-state index is 0.179. The molecule has 1 aromatic carbocycles. The fourth-order valence-electron chi connectivity index (χ4n) is 0.875. The molecule has 0 aliphatic heterocycles. The predicted octanol–water partition coefficient (Wildman–Crippen LogP) is -0.402. The topological polar surface area (TPSA) is 116 Å². The zero-order valence-electron chi connectivity index (χ0n) is 7.97. The molecule has 0 saturated heterocycles. The van der Waals surface area contributed by atoms with Crippen molar-refractivity contribution >= 4 is 33.1 Å². The molecular formula is C7H10N4O3S2. The van der Waals surface area contributed by atoms with Crippen LogP contribution in [0.3, 0.4) is 0 Å². The lowest BCUT2D eigenvalue weighted by Gasteiger charge is -2.09. The van der Waals surface area contributed by atoms with Gasteiger partial charge in [0.25, 0.3) is 10.1 Å². The van der Waals surface area contributed by atoms with E-state index in [0.717, 1.165) is 0 Å². The average molecular weight is 262 g/mol. The fourth-order valence-corrected chi connectivity index (χ4v) is 1.41. The Bertz CT molecular complexity index is 471. The summed E-state index contributed by atoms with van der Waals surface area (Å²) in [6.07, 6.45) is 0. The van der Waals surface area contributed by atoms with Crippen LogP contribution in [0.2, 0.25) is 0 Å². The Morgan fingerprint density at radius 2 is 1.88 bits per heavy atom. The predicted molar refractivity (Wildman–Crippen MR) is 62.9 cm³/mol. The van der Waals surface area contributed by atoms with Crippen LogP contribution in [0.4, 0.5) is 5.69 Å². The average Bonchev–Trinajstić information content (AvgIpc) is 2.25. The van der Waals surface area contributed by atoms with E-state index < -0.39 is 10.1 Å². The van der Waals surface area contributed by atoms with Crippen molar-refractivity contribution in [2.24, 2.45) is 5.84 Å². The third-order valence-electron chi connectivity index (χ3n) is 1.60. The molecule has 9 heteroatoms. The first kappa shape index (κ1) is 12.6. The second kappa shape index (κ2) is 5.07. The lowest BCUT2D eigenvalue weighted by molar-refractivity contribution is 0.483. The first-order chi connectivity index (χ1) is 7.43.